The van der Waals surface area contributed by atoms with Crippen molar-refractivity contribution in [2.75, 3.05) is 5.32 Å². The largest absolute Gasteiger partial charge is 0.480 e. The summed E-state index contributed by atoms with van der Waals surface area (Å²) in [5.74, 6) is -6.11. The lowest BCUT2D eigenvalue weighted by molar-refractivity contribution is -0.142. The number of hydrogen-bond donors (Lipinski definition) is 8. The Hall–Kier alpha value is -8.02. The summed E-state index contributed by atoms with van der Waals surface area (Å²) in [6, 6.07) is 31.6. The molecule has 2 bridgehead atoms. The number of aliphatic carboxylic acids is 1. The number of amides is 6. The van der Waals surface area contributed by atoms with Crippen LogP contribution in [0.1, 0.15) is 33.6 Å². The van der Waals surface area contributed by atoms with E-state index in [1.54, 1.807) is 115 Å². The van der Waals surface area contributed by atoms with Gasteiger partial charge < -0.3 is 42.1 Å². The van der Waals surface area contributed by atoms with Gasteiger partial charge in [-0.1, -0.05) is 103 Å². The third-order valence-electron chi connectivity index (χ3n) is 11.5. The molecule has 8 N–H and O–H groups in total. The number of carboxylic acids is 1. The smallest absolute Gasteiger partial charge is 0.326 e. The number of carboxylic acid groups (broad SMARTS) is 1. The second-order valence-electron chi connectivity index (χ2n) is 16.6. The van der Waals surface area contributed by atoms with E-state index in [1.165, 1.54) is 23.5 Å². The second kappa shape index (κ2) is 23.6. The normalized spacial score (nSPS) is 19.9. The highest BCUT2D eigenvalue weighted by molar-refractivity contribution is 7.09. The summed E-state index contributed by atoms with van der Waals surface area (Å²) in [6.45, 7) is 0. The van der Waals surface area contributed by atoms with Crippen molar-refractivity contribution in [2.45, 2.75) is 74.8 Å². The lowest BCUT2D eigenvalue weighted by Gasteiger charge is -2.27. The molecule has 0 aliphatic carbocycles. The van der Waals surface area contributed by atoms with Crippen LogP contribution in [0, 0.1) is 0 Å². The Labute approximate surface area is 402 Å². The van der Waals surface area contributed by atoms with Gasteiger partial charge in [-0.3, -0.25) is 33.8 Å². The lowest BCUT2D eigenvalue weighted by atomic mass is 9.99. The summed E-state index contributed by atoms with van der Waals surface area (Å²) >= 11 is 1.34. The molecule has 6 aromatic rings. The third kappa shape index (κ3) is 14.2. The van der Waals surface area contributed by atoms with Crippen molar-refractivity contribution in [3.63, 3.8) is 0 Å². The molecule has 2 aliphatic rings. The van der Waals surface area contributed by atoms with Gasteiger partial charge in [-0.25, -0.2) is 4.79 Å². The summed E-state index contributed by atoms with van der Waals surface area (Å²) in [7, 11) is 0. The fourth-order valence-corrected chi connectivity index (χ4v) is 8.53. The van der Waals surface area contributed by atoms with Crippen LogP contribution in [0.4, 0.5) is 5.69 Å². The molecule has 0 radical (unpaired) electrons. The summed E-state index contributed by atoms with van der Waals surface area (Å²) in [6.07, 6.45) is 0.514. The monoisotopic (exact) mass is 949 g/mol. The van der Waals surface area contributed by atoms with E-state index in [2.05, 4.69) is 36.9 Å². The molecule has 0 saturated heterocycles. The molecule has 16 nitrogen and oxygen atoms in total. The maximum absolute atomic E-state index is 14.7. The molecule has 4 heterocycles. The van der Waals surface area contributed by atoms with Crippen molar-refractivity contribution in [1.82, 2.24) is 31.6 Å². The number of nitrogens with zero attached hydrogens (tertiary/aromatic N) is 1. The lowest BCUT2D eigenvalue weighted by Crippen LogP contribution is -2.60. The van der Waals surface area contributed by atoms with Gasteiger partial charge in [-0.15, -0.1) is 11.3 Å². The highest BCUT2D eigenvalue weighted by Gasteiger charge is 2.34. The predicted octanol–water partition coefficient (Wildman–Crippen LogP) is 3.54. The highest BCUT2D eigenvalue weighted by atomic mass is 32.1. The fourth-order valence-electron chi connectivity index (χ4n) is 7.78. The number of fused-ring (bicyclic) bond motifs is 18. The summed E-state index contributed by atoms with van der Waals surface area (Å²) < 4.78 is 0. The number of nitrogens with one attached hydrogen (secondary N) is 6. The second-order valence-corrected chi connectivity index (χ2v) is 17.6. The first kappa shape index (κ1) is 48.9. The number of anilines is 1. The fraction of sp³-hybridized carbons (Fsp3) is 0.231. The number of aliphatic hydroxyl groups is 1. The number of thiophene rings is 1. The van der Waals surface area contributed by atoms with Crippen molar-refractivity contribution in [1.29, 1.82) is 0 Å². The molecule has 2 aromatic heterocycles. The zero-order valence-corrected chi connectivity index (χ0v) is 38.1. The summed E-state index contributed by atoms with van der Waals surface area (Å²) in [4.78, 5) is 102. The maximum Gasteiger partial charge on any atom is 0.326 e. The zero-order valence-electron chi connectivity index (χ0n) is 37.2. The number of aliphatic hydroxyl groups excluding tert-OH is 1. The topological polar surface area (TPSA) is 245 Å². The minimum Gasteiger partial charge on any atom is -0.480 e. The number of hydrogen-bond acceptors (Lipinski definition) is 10. The summed E-state index contributed by atoms with van der Waals surface area (Å²) in [5.41, 5.74) is 4.47. The van der Waals surface area contributed by atoms with Gasteiger partial charge in [-0.05, 0) is 69.1 Å². The molecule has 2 aliphatic heterocycles. The van der Waals surface area contributed by atoms with Crippen molar-refractivity contribution >= 4 is 58.4 Å². The van der Waals surface area contributed by atoms with Gasteiger partial charge in [0.25, 0.3) is 5.91 Å². The molecule has 0 unspecified atom stereocenters. The van der Waals surface area contributed by atoms with E-state index in [0.717, 1.165) is 16.0 Å². The molecule has 8 rings (SSSR count). The minimum absolute atomic E-state index is 0.00935. The van der Waals surface area contributed by atoms with Gasteiger partial charge in [0.2, 0.25) is 29.5 Å². The standard InChI is InChI=1S/C52H51N7O9S/c60-45-31-46(61)55-43(30-39-12-7-25-69-39)50(65)58-41(27-34-13-17-36(18-14-34)37-21-23-53-24-22-37)48(63)56-40(26-32-8-3-1-4-9-32)47(62)57-42(28-35-15-19-38(20-16-35)54-51(45)66)49(64)59-44(52(67)68)29-33-10-5-2-6-11-33/h1-25,40-45,60H,26-31H2,(H,54,66)(H,55,61)(H,56,63)(H,57,62)(H,58,65)(H,59,64)(H,67,68)/t40-,41+,42+,43-,44+,45-/m1/s1. The molecule has 0 fully saturated rings. The quantitative estimate of drug-likeness (QED) is 0.0830. The zero-order chi connectivity index (χ0) is 48.7. The van der Waals surface area contributed by atoms with Crippen LogP contribution in [-0.2, 0) is 65.7 Å². The maximum atomic E-state index is 14.7. The number of benzene rings is 4. The van der Waals surface area contributed by atoms with E-state index in [0.29, 0.717) is 22.3 Å². The molecule has 17 heteroatoms. The Kier molecular flexibility index (Phi) is 16.7. The number of carbonyl (C=O) groups excluding carboxylic acids is 6. The molecule has 0 spiro atoms. The predicted molar refractivity (Wildman–Crippen MR) is 258 cm³/mol. The van der Waals surface area contributed by atoms with Crippen molar-refractivity contribution in [2.24, 2.45) is 0 Å². The Morgan fingerprint density at radius 1 is 0.609 bits per heavy atom. The average Bonchev–Trinajstić information content (AvgIpc) is 3.87. The molecule has 6 amide bonds. The first-order valence-electron chi connectivity index (χ1n) is 22.3. The minimum atomic E-state index is -1.82. The van der Waals surface area contributed by atoms with Crippen molar-refractivity contribution in [3.8, 4) is 11.1 Å². The number of aromatic nitrogens is 1. The first-order valence-corrected chi connectivity index (χ1v) is 23.2. The highest BCUT2D eigenvalue weighted by Crippen LogP contribution is 2.20. The van der Waals surface area contributed by atoms with Gasteiger partial charge in [0.05, 0.1) is 6.42 Å². The first-order chi connectivity index (χ1) is 33.4. The number of carbonyl (C=O) groups is 7. The Balaban J connectivity index is 1.24. The van der Waals surface area contributed by atoms with Crippen LogP contribution in [0.25, 0.3) is 11.1 Å². The van der Waals surface area contributed by atoms with Gasteiger partial charge in [-0.2, -0.15) is 0 Å². The molecule has 4 aromatic carbocycles. The van der Waals surface area contributed by atoms with Crippen LogP contribution in [0.5, 0.6) is 0 Å². The molecular formula is C52H51N7O9S. The van der Waals surface area contributed by atoms with Crippen LogP contribution in [0.2, 0.25) is 0 Å². The molecule has 0 saturated carbocycles. The van der Waals surface area contributed by atoms with Crippen molar-refractivity contribution < 1.29 is 43.8 Å². The van der Waals surface area contributed by atoms with Crippen LogP contribution >= 0.6 is 11.3 Å². The average molecular weight is 950 g/mol. The Bertz CT molecular complexity index is 2710. The van der Waals surface area contributed by atoms with Gasteiger partial charge in [0.15, 0.2) is 0 Å². The molecule has 6 atom stereocenters. The van der Waals surface area contributed by atoms with E-state index >= 15 is 0 Å². The number of rotatable bonds is 12. The third-order valence-corrected chi connectivity index (χ3v) is 12.4. The van der Waals surface area contributed by atoms with E-state index in [9.17, 15) is 43.8 Å². The molecular weight excluding hydrogens is 899 g/mol. The van der Waals surface area contributed by atoms with Gasteiger partial charge >= 0.3 is 5.97 Å². The van der Waals surface area contributed by atoms with E-state index < -0.39 is 84.1 Å². The van der Waals surface area contributed by atoms with Crippen LogP contribution in [0.3, 0.4) is 0 Å². The van der Waals surface area contributed by atoms with Gasteiger partial charge in [0, 0.05) is 55.1 Å². The van der Waals surface area contributed by atoms with Crippen LogP contribution < -0.4 is 31.9 Å². The van der Waals surface area contributed by atoms with Crippen LogP contribution in [-0.4, -0.2) is 92.9 Å². The molecule has 354 valence electrons. The van der Waals surface area contributed by atoms with E-state index in [-0.39, 0.29) is 37.8 Å². The number of pyridine rings is 1. The van der Waals surface area contributed by atoms with Gasteiger partial charge in [0.1, 0.15) is 36.3 Å². The van der Waals surface area contributed by atoms with Crippen LogP contribution in [0.15, 0.2) is 151 Å². The van der Waals surface area contributed by atoms with Crippen molar-refractivity contribution in [3.05, 3.63) is 178 Å². The van der Waals surface area contributed by atoms with E-state index in [1.807, 2.05) is 24.3 Å². The summed E-state index contributed by atoms with van der Waals surface area (Å²) in [5, 5.41) is 39.1. The Morgan fingerprint density at radius 3 is 1.77 bits per heavy atom. The molecule has 69 heavy (non-hydrogen) atoms. The van der Waals surface area contributed by atoms with E-state index in [4.69, 9.17) is 0 Å². The Morgan fingerprint density at radius 2 is 1.17 bits per heavy atom. The SMILES string of the molecule is O=C1C[C@@H](O)C(=O)Nc2ccc(cc2)C[C@@H](C(=O)N[C@@H](Cc2ccccc2)C(=O)O)NC(=O)[C@@H](Cc2ccccc2)NC(=O)[C@H](Cc2ccc(-c3ccncc3)cc2)NC(=O)[C@@H](Cc2cccs2)N1.